The Hall–Kier alpha value is -0.880. The summed E-state index contributed by atoms with van der Waals surface area (Å²) in [6.45, 7) is 1.21. The number of sulfone groups is 1. The largest absolute Gasteiger partial charge is 0.308 e. The second-order valence-electron chi connectivity index (χ2n) is 4.36. The van der Waals surface area contributed by atoms with Crippen molar-refractivity contribution in [3.63, 3.8) is 0 Å². The molecule has 1 fully saturated rings. The molecule has 0 atom stereocenters. The van der Waals surface area contributed by atoms with E-state index in [1.54, 1.807) is 4.68 Å². The zero-order valence-electron chi connectivity index (χ0n) is 9.39. The normalized spacial score (nSPS) is 16.6. The maximum Gasteiger partial charge on any atom is 0.149 e. The van der Waals surface area contributed by atoms with Crippen LogP contribution in [0, 0.1) is 0 Å². The second-order valence-corrected chi connectivity index (χ2v) is 6.61. The van der Waals surface area contributed by atoms with Gasteiger partial charge in [0.2, 0.25) is 0 Å². The molecular weight excluding hydrogens is 226 g/mol. The van der Waals surface area contributed by atoms with Gasteiger partial charge < -0.3 is 5.32 Å². The third-order valence-corrected chi connectivity index (χ3v) is 3.46. The predicted molar refractivity (Wildman–Crippen MR) is 61.8 cm³/mol. The first kappa shape index (κ1) is 11.6. The average Bonchev–Trinajstić information content (AvgIpc) is 2.91. The maximum atomic E-state index is 11.0. The summed E-state index contributed by atoms with van der Waals surface area (Å²) in [4.78, 5) is 0. The molecule has 0 amide bonds. The van der Waals surface area contributed by atoms with Crippen molar-refractivity contribution < 1.29 is 8.42 Å². The van der Waals surface area contributed by atoms with Crippen molar-refractivity contribution in [2.24, 2.45) is 0 Å². The van der Waals surface area contributed by atoms with E-state index >= 15 is 0 Å². The molecule has 90 valence electrons. The molecule has 1 aromatic rings. The van der Waals surface area contributed by atoms with Gasteiger partial charge in [-0.15, -0.1) is 0 Å². The molecule has 0 unspecified atom stereocenters. The van der Waals surface area contributed by atoms with Gasteiger partial charge in [-0.2, -0.15) is 5.10 Å². The van der Waals surface area contributed by atoms with Gasteiger partial charge >= 0.3 is 0 Å². The Morgan fingerprint density at radius 3 is 2.94 bits per heavy atom. The number of rotatable bonds is 6. The summed E-state index contributed by atoms with van der Waals surface area (Å²) < 4.78 is 23.6. The van der Waals surface area contributed by atoms with Crippen LogP contribution in [0.2, 0.25) is 0 Å². The number of nitrogens with one attached hydrogen (secondary N) is 1. The summed E-state index contributed by atoms with van der Waals surface area (Å²) in [5.41, 5.74) is 0.973. The van der Waals surface area contributed by atoms with E-state index < -0.39 is 9.84 Å². The van der Waals surface area contributed by atoms with Crippen LogP contribution in [-0.2, 0) is 22.9 Å². The molecule has 1 saturated carbocycles. The minimum absolute atomic E-state index is 0.143. The Balaban J connectivity index is 1.81. The van der Waals surface area contributed by atoms with Gasteiger partial charge in [0.25, 0.3) is 0 Å². The van der Waals surface area contributed by atoms with Crippen molar-refractivity contribution >= 4 is 9.84 Å². The molecule has 0 aliphatic heterocycles. The molecule has 16 heavy (non-hydrogen) atoms. The number of hydrogen-bond acceptors (Lipinski definition) is 4. The average molecular weight is 243 g/mol. The first-order valence-corrected chi connectivity index (χ1v) is 7.52. The molecule has 0 spiro atoms. The molecule has 1 heterocycles. The molecule has 5 nitrogen and oxygen atoms in total. The van der Waals surface area contributed by atoms with E-state index in [-0.39, 0.29) is 5.75 Å². The van der Waals surface area contributed by atoms with Crippen LogP contribution in [0.3, 0.4) is 0 Å². The Morgan fingerprint density at radius 2 is 2.31 bits per heavy atom. The maximum absolute atomic E-state index is 11.0. The van der Waals surface area contributed by atoms with Crippen LogP contribution in [-0.4, -0.2) is 36.2 Å². The monoisotopic (exact) mass is 243 g/mol. The lowest BCUT2D eigenvalue weighted by molar-refractivity contribution is 0.580. The van der Waals surface area contributed by atoms with Gasteiger partial charge in [-0.05, 0) is 18.9 Å². The van der Waals surface area contributed by atoms with Crippen LogP contribution >= 0.6 is 0 Å². The molecule has 1 aliphatic carbocycles. The van der Waals surface area contributed by atoms with E-state index in [2.05, 4.69) is 10.4 Å². The molecule has 0 aromatic carbocycles. The molecule has 2 rings (SSSR count). The minimum Gasteiger partial charge on any atom is -0.308 e. The van der Waals surface area contributed by atoms with Crippen LogP contribution in [0.4, 0.5) is 0 Å². The van der Waals surface area contributed by atoms with Gasteiger partial charge in [0, 0.05) is 25.0 Å². The first-order chi connectivity index (χ1) is 7.53. The SMILES string of the molecule is CS(=O)(=O)CCn1ccc(CNC2CC2)n1. The Labute approximate surface area is 95.8 Å². The van der Waals surface area contributed by atoms with Crippen molar-refractivity contribution in [3.8, 4) is 0 Å². The lowest BCUT2D eigenvalue weighted by Gasteiger charge is -2.00. The van der Waals surface area contributed by atoms with Crippen molar-refractivity contribution in [2.45, 2.75) is 32.0 Å². The molecular formula is C10H17N3O2S. The van der Waals surface area contributed by atoms with Crippen molar-refractivity contribution in [3.05, 3.63) is 18.0 Å². The van der Waals surface area contributed by atoms with Crippen LogP contribution in [0.25, 0.3) is 0 Å². The summed E-state index contributed by atoms with van der Waals surface area (Å²) in [5.74, 6) is 0.143. The highest BCUT2D eigenvalue weighted by molar-refractivity contribution is 7.90. The first-order valence-electron chi connectivity index (χ1n) is 5.46. The fourth-order valence-electron chi connectivity index (χ4n) is 1.42. The van der Waals surface area contributed by atoms with Crippen LogP contribution in [0.15, 0.2) is 12.3 Å². The molecule has 6 heteroatoms. The van der Waals surface area contributed by atoms with Crippen LogP contribution in [0.5, 0.6) is 0 Å². The molecule has 1 aliphatic rings. The quantitative estimate of drug-likeness (QED) is 0.774. The summed E-state index contributed by atoms with van der Waals surface area (Å²) in [6, 6.07) is 2.60. The minimum atomic E-state index is -2.91. The highest BCUT2D eigenvalue weighted by atomic mass is 32.2. The van der Waals surface area contributed by atoms with E-state index in [0.29, 0.717) is 12.6 Å². The van der Waals surface area contributed by atoms with Crippen molar-refractivity contribution in [1.29, 1.82) is 0 Å². The molecule has 0 saturated heterocycles. The third-order valence-electron chi connectivity index (χ3n) is 2.54. The van der Waals surface area contributed by atoms with E-state index in [1.165, 1.54) is 19.1 Å². The second kappa shape index (κ2) is 4.55. The number of aryl methyl sites for hydroxylation is 1. The summed E-state index contributed by atoms with van der Waals surface area (Å²) in [6.07, 6.45) is 5.59. The van der Waals surface area contributed by atoms with Gasteiger partial charge in [-0.1, -0.05) is 0 Å². The van der Waals surface area contributed by atoms with Gasteiger partial charge in [0.1, 0.15) is 9.84 Å². The predicted octanol–water partition coefficient (Wildman–Crippen LogP) is 0.180. The smallest absolute Gasteiger partial charge is 0.149 e. The molecule has 0 bridgehead atoms. The summed E-state index contributed by atoms with van der Waals surface area (Å²) in [7, 11) is -2.91. The molecule has 1 aromatic heterocycles. The van der Waals surface area contributed by atoms with Crippen molar-refractivity contribution in [1.82, 2.24) is 15.1 Å². The van der Waals surface area contributed by atoms with Crippen molar-refractivity contribution in [2.75, 3.05) is 12.0 Å². The third kappa shape index (κ3) is 3.94. The van der Waals surface area contributed by atoms with Gasteiger partial charge in [-0.3, -0.25) is 4.68 Å². The highest BCUT2D eigenvalue weighted by Crippen LogP contribution is 2.18. The van der Waals surface area contributed by atoms with Crippen LogP contribution in [0.1, 0.15) is 18.5 Å². The topological polar surface area (TPSA) is 64.0 Å². The highest BCUT2D eigenvalue weighted by Gasteiger charge is 2.20. The van der Waals surface area contributed by atoms with Crippen LogP contribution < -0.4 is 5.32 Å². The fourth-order valence-corrected chi connectivity index (χ4v) is 1.94. The van der Waals surface area contributed by atoms with Gasteiger partial charge in [0.05, 0.1) is 18.0 Å². The fraction of sp³-hybridized carbons (Fsp3) is 0.700. The zero-order valence-corrected chi connectivity index (χ0v) is 10.2. The van der Waals surface area contributed by atoms with Gasteiger partial charge in [0.15, 0.2) is 0 Å². The standard InChI is InChI=1S/C10H17N3O2S/c1-16(14,15)7-6-13-5-4-10(12-13)8-11-9-2-3-9/h4-5,9,11H,2-3,6-8H2,1H3. The van der Waals surface area contributed by atoms with E-state index in [0.717, 1.165) is 12.2 Å². The molecule has 0 radical (unpaired) electrons. The number of hydrogen-bond donors (Lipinski definition) is 1. The Bertz CT molecular complexity index is 448. The Morgan fingerprint density at radius 1 is 1.56 bits per heavy atom. The summed E-state index contributed by atoms with van der Waals surface area (Å²) >= 11 is 0. The Kier molecular flexibility index (Phi) is 3.30. The number of nitrogens with zero attached hydrogens (tertiary/aromatic N) is 2. The lowest BCUT2D eigenvalue weighted by atomic mass is 10.4. The van der Waals surface area contributed by atoms with Gasteiger partial charge in [-0.25, -0.2) is 8.42 Å². The summed E-state index contributed by atoms with van der Waals surface area (Å²) in [5, 5.41) is 7.67. The molecule has 1 N–H and O–H groups in total. The van der Waals surface area contributed by atoms with E-state index in [9.17, 15) is 8.42 Å². The van der Waals surface area contributed by atoms with E-state index in [1.807, 2.05) is 12.3 Å². The zero-order chi connectivity index (χ0) is 11.6. The lowest BCUT2D eigenvalue weighted by Crippen LogP contribution is -2.16. The number of aromatic nitrogens is 2. The van der Waals surface area contributed by atoms with E-state index in [4.69, 9.17) is 0 Å².